The maximum atomic E-state index is 11.3. The summed E-state index contributed by atoms with van der Waals surface area (Å²) in [6.07, 6.45) is 6.81. The maximum Gasteiger partial charge on any atom is 0.308 e. The third kappa shape index (κ3) is 3.45. The lowest BCUT2D eigenvalue weighted by Gasteiger charge is -2.36. The number of rotatable bonds is 5. The second-order valence-electron chi connectivity index (χ2n) is 5.83. The van der Waals surface area contributed by atoms with E-state index in [9.17, 15) is 9.90 Å². The van der Waals surface area contributed by atoms with Crippen molar-refractivity contribution in [2.45, 2.75) is 44.6 Å². The molecule has 1 aliphatic carbocycles. The average Bonchev–Trinajstić information content (AvgIpc) is 2.89. The van der Waals surface area contributed by atoms with Crippen LogP contribution in [0.4, 0.5) is 0 Å². The number of hydrogen-bond donors (Lipinski definition) is 1. The van der Waals surface area contributed by atoms with Crippen LogP contribution in [0.25, 0.3) is 0 Å². The highest BCUT2D eigenvalue weighted by Gasteiger charge is 2.33. The van der Waals surface area contributed by atoms with E-state index < -0.39 is 5.97 Å². The molecule has 2 atom stereocenters. The highest BCUT2D eigenvalue weighted by Crippen LogP contribution is 2.28. The third-order valence-electron chi connectivity index (χ3n) is 4.58. The smallest absolute Gasteiger partial charge is 0.308 e. The van der Waals surface area contributed by atoms with Gasteiger partial charge < -0.3 is 14.9 Å². The summed E-state index contributed by atoms with van der Waals surface area (Å²) in [7, 11) is 2.10. The van der Waals surface area contributed by atoms with E-state index in [1.807, 2.05) is 0 Å². The normalized spacial score (nSPS) is 29.9. The van der Waals surface area contributed by atoms with Gasteiger partial charge in [-0.15, -0.1) is 0 Å². The Morgan fingerprint density at radius 2 is 1.89 bits per heavy atom. The highest BCUT2D eigenvalue weighted by atomic mass is 16.4. The summed E-state index contributed by atoms with van der Waals surface area (Å²) in [5.74, 6) is -0.755. The van der Waals surface area contributed by atoms with Gasteiger partial charge in [0.25, 0.3) is 0 Å². The first-order valence-corrected chi connectivity index (χ1v) is 7.34. The van der Waals surface area contributed by atoms with Gasteiger partial charge in [-0.25, -0.2) is 0 Å². The van der Waals surface area contributed by atoms with Crippen molar-refractivity contribution in [1.82, 2.24) is 9.80 Å². The molecule has 1 aliphatic heterocycles. The number of carboxylic acid groups (broad SMARTS) is 1. The minimum absolute atomic E-state index is 0.151. The Balaban J connectivity index is 1.81. The highest BCUT2D eigenvalue weighted by molar-refractivity contribution is 5.71. The van der Waals surface area contributed by atoms with Crippen LogP contribution in [0.15, 0.2) is 0 Å². The van der Waals surface area contributed by atoms with Crippen molar-refractivity contribution in [3.8, 4) is 0 Å². The molecule has 1 saturated carbocycles. The first-order chi connectivity index (χ1) is 8.68. The van der Waals surface area contributed by atoms with E-state index in [0.717, 1.165) is 32.4 Å². The van der Waals surface area contributed by atoms with Crippen molar-refractivity contribution < 1.29 is 9.90 Å². The minimum atomic E-state index is -0.604. The van der Waals surface area contributed by atoms with Crippen LogP contribution in [0.3, 0.4) is 0 Å². The van der Waals surface area contributed by atoms with Crippen LogP contribution in [0.5, 0.6) is 0 Å². The van der Waals surface area contributed by atoms with Crippen LogP contribution >= 0.6 is 0 Å². The van der Waals surface area contributed by atoms with Crippen molar-refractivity contribution >= 4 is 5.97 Å². The molecule has 0 spiro atoms. The molecule has 2 aliphatic rings. The van der Waals surface area contributed by atoms with Crippen LogP contribution in [-0.4, -0.2) is 60.1 Å². The molecule has 0 amide bonds. The molecule has 2 unspecified atom stereocenters. The molecule has 4 nitrogen and oxygen atoms in total. The summed E-state index contributed by atoms with van der Waals surface area (Å²) in [6, 6.07) is 0.249. The molecule has 2 fully saturated rings. The van der Waals surface area contributed by atoms with E-state index in [-0.39, 0.29) is 12.0 Å². The molecule has 1 saturated heterocycles. The molecule has 0 aromatic carbocycles. The van der Waals surface area contributed by atoms with Gasteiger partial charge in [-0.1, -0.05) is 12.8 Å². The Bertz CT molecular complexity index is 277. The predicted molar refractivity (Wildman–Crippen MR) is 71.7 cm³/mol. The molecule has 104 valence electrons. The summed E-state index contributed by atoms with van der Waals surface area (Å²) in [4.78, 5) is 16.1. The lowest BCUT2D eigenvalue weighted by Crippen LogP contribution is -2.45. The Kier molecular flexibility index (Phi) is 5.01. The lowest BCUT2D eigenvalue weighted by atomic mass is 9.84. The van der Waals surface area contributed by atoms with E-state index in [0.29, 0.717) is 0 Å². The van der Waals surface area contributed by atoms with Crippen LogP contribution < -0.4 is 0 Å². The zero-order valence-electron chi connectivity index (χ0n) is 11.5. The van der Waals surface area contributed by atoms with E-state index in [4.69, 9.17) is 0 Å². The maximum absolute atomic E-state index is 11.3. The molecule has 0 aromatic heterocycles. The Morgan fingerprint density at radius 3 is 2.56 bits per heavy atom. The molecule has 0 bridgehead atoms. The van der Waals surface area contributed by atoms with Crippen molar-refractivity contribution in [3.05, 3.63) is 0 Å². The molecular formula is C14H26N2O2. The number of carboxylic acids is 1. The summed E-state index contributed by atoms with van der Waals surface area (Å²) in [5, 5.41) is 9.30. The average molecular weight is 254 g/mol. The zero-order chi connectivity index (χ0) is 13.0. The van der Waals surface area contributed by atoms with Crippen molar-refractivity contribution in [2.75, 3.05) is 33.2 Å². The second-order valence-corrected chi connectivity index (χ2v) is 5.83. The largest absolute Gasteiger partial charge is 0.481 e. The van der Waals surface area contributed by atoms with Gasteiger partial charge in [-0.2, -0.15) is 0 Å². The van der Waals surface area contributed by atoms with Gasteiger partial charge in [-0.05, 0) is 45.8 Å². The van der Waals surface area contributed by atoms with Crippen LogP contribution in [0, 0.1) is 5.92 Å². The molecule has 1 N–H and O–H groups in total. The van der Waals surface area contributed by atoms with E-state index in [1.54, 1.807) is 0 Å². The fourth-order valence-electron chi connectivity index (χ4n) is 3.40. The number of aliphatic carboxylic acids is 1. The number of nitrogens with zero attached hydrogens (tertiary/aromatic N) is 2. The summed E-state index contributed by atoms with van der Waals surface area (Å²) in [5.41, 5.74) is 0. The Labute approximate surface area is 110 Å². The molecule has 2 rings (SSSR count). The van der Waals surface area contributed by atoms with Crippen molar-refractivity contribution in [1.29, 1.82) is 0 Å². The minimum Gasteiger partial charge on any atom is -0.481 e. The molecule has 4 heteroatoms. The van der Waals surface area contributed by atoms with Gasteiger partial charge in [0, 0.05) is 19.1 Å². The predicted octanol–water partition coefficient (Wildman–Crippen LogP) is 1.66. The van der Waals surface area contributed by atoms with Crippen LogP contribution in [0.1, 0.15) is 38.5 Å². The van der Waals surface area contributed by atoms with Crippen molar-refractivity contribution in [2.24, 2.45) is 5.92 Å². The first-order valence-electron chi connectivity index (χ1n) is 7.34. The van der Waals surface area contributed by atoms with Crippen LogP contribution in [-0.2, 0) is 4.79 Å². The number of hydrogen-bond acceptors (Lipinski definition) is 3. The number of likely N-dealkylation sites (N-methyl/N-ethyl adjacent to an activating group) is 1. The summed E-state index contributed by atoms with van der Waals surface area (Å²) in [6.45, 7) is 4.55. The molecule has 1 heterocycles. The number of carbonyl (C=O) groups is 1. The van der Waals surface area contributed by atoms with Crippen LogP contribution in [0.2, 0.25) is 0 Å². The topological polar surface area (TPSA) is 43.8 Å². The van der Waals surface area contributed by atoms with Gasteiger partial charge in [0.2, 0.25) is 0 Å². The lowest BCUT2D eigenvalue weighted by molar-refractivity contribution is -0.145. The summed E-state index contributed by atoms with van der Waals surface area (Å²) < 4.78 is 0. The van der Waals surface area contributed by atoms with Gasteiger partial charge in [0.05, 0.1) is 5.92 Å². The fraction of sp³-hybridized carbons (Fsp3) is 0.929. The summed E-state index contributed by atoms with van der Waals surface area (Å²) >= 11 is 0. The first kappa shape index (κ1) is 13.8. The number of likely N-dealkylation sites (tertiary alicyclic amines) is 1. The van der Waals surface area contributed by atoms with E-state index in [1.165, 1.54) is 32.4 Å². The van der Waals surface area contributed by atoms with E-state index in [2.05, 4.69) is 16.8 Å². The van der Waals surface area contributed by atoms with Gasteiger partial charge >= 0.3 is 5.97 Å². The quantitative estimate of drug-likeness (QED) is 0.810. The molecule has 0 radical (unpaired) electrons. The zero-order valence-corrected chi connectivity index (χ0v) is 11.5. The second kappa shape index (κ2) is 6.53. The third-order valence-corrected chi connectivity index (χ3v) is 4.58. The monoisotopic (exact) mass is 254 g/mol. The van der Waals surface area contributed by atoms with Crippen molar-refractivity contribution in [3.63, 3.8) is 0 Å². The Morgan fingerprint density at radius 1 is 1.22 bits per heavy atom. The molecular weight excluding hydrogens is 228 g/mol. The Hall–Kier alpha value is -0.610. The standard InChI is InChI=1S/C14H26N2O2/c1-15(10-11-16-8-4-5-9-16)13-7-3-2-6-12(13)14(17)18/h12-13H,2-11H2,1H3,(H,17,18). The van der Waals surface area contributed by atoms with Gasteiger partial charge in [0.15, 0.2) is 0 Å². The molecule has 0 aromatic rings. The SMILES string of the molecule is CN(CCN1CCCC1)C1CCCCC1C(=O)O. The van der Waals surface area contributed by atoms with E-state index >= 15 is 0 Å². The molecule has 18 heavy (non-hydrogen) atoms. The van der Waals surface area contributed by atoms with Gasteiger partial charge in [0.1, 0.15) is 0 Å². The fourth-order valence-corrected chi connectivity index (χ4v) is 3.40. The van der Waals surface area contributed by atoms with Gasteiger partial charge in [-0.3, -0.25) is 4.79 Å².